The molecule has 0 saturated heterocycles. The molecule has 5 heteroatoms. The van der Waals surface area contributed by atoms with Crippen LogP contribution in [0.4, 0.5) is 0 Å². The predicted octanol–water partition coefficient (Wildman–Crippen LogP) is 2.16. The van der Waals surface area contributed by atoms with Gasteiger partial charge in [-0.3, -0.25) is 0 Å². The lowest BCUT2D eigenvalue weighted by atomic mass is 9.75. The molecule has 0 spiro atoms. The quantitative estimate of drug-likeness (QED) is 0.840. The zero-order valence-corrected chi connectivity index (χ0v) is 11.2. The molecule has 1 aliphatic rings. The fraction of sp³-hybridized carbons (Fsp3) is 0.462. The summed E-state index contributed by atoms with van der Waals surface area (Å²) < 4.78 is 28.9. The Morgan fingerprint density at radius 1 is 1.50 bits per heavy atom. The first-order chi connectivity index (χ1) is 8.48. The van der Waals surface area contributed by atoms with Crippen LogP contribution >= 0.6 is 0 Å². The van der Waals surface area contributed by atoms with Crippen LogP contribution in [0, 0.1) is 17.2 Å². The van der Waals surface area contributed by atoms with Crippen LogP contribution in [-0.4, -0.2) is 20.3 Å². The van der Waals surface area contributed by atoms with Crippen molar-refractivity contribution in [1.82, 2.24) is 0 Å². The highest BCUT2D eigenvalue weighted by Gasteiger charge is 2.55. The van der Waals surface area contributed by atoms with Gasteiger partial charge in [-0.15, -0.1) is 0 Å². The monoisotopic (exact) mass is 265 g/mol. The van der Waals surface area contributed by atoms with Crippen molar-refractivity contribution in [2.24, 2.45) is 5.92 Å². The molecular weight excluding hydrogens is 250 g/mol. The maximum absolute atomic E-state index is 12.6. The van der Waals surface area contributed by atoms with E-state index in [9.17, 15) is 13.7 Å². The SMILES string of the molecule is COc1cccc(S(=O)(=O)C2(C#N)CCC2C)c1. The van der Waals surface area contributed by atoms with Crippen LogP contribution in [0.25, 0.3) is 0 Å². The van der Waals surface area contributed by atoms with Crippen molar-refractivity contribution in [2.75, 3.05) is 7.11 Å². The number of hydrogen-bond acceptors (Lipinski definition) is 4. The largest absolute Gasteiger partial charge is 0.497 e. The third-order valence-electron chi connectivity index (χ3n) is 3.77. The molecule has 2 rings (SSSR count). The van der Waals surface area contributed by atoms with Crippen molar-refractivity contribution in [3.05, 3.63) is 24.3 Å². The van der Waals surface area contributed by atoms with Crippen LogP contribution in [0.1, 0.15) is 19.8 Å². The molecule has 1 aliphatic carbocycles. The van der Waals surface area contributed by atoms with Crippen molar-refractivity contribution >= 4 is 9.84 Å². The second kappa shape index (κ2) is 4.29. The van der Waals surface area contributed by atoms with Gasteiger partial charge in [-0.25, -0.2) is 8.42 Å². The van der Waals surface area contributed by atoms with E-state index in [4.69, 9.17) is 4.74 Å². The second-order valence-corrected chi connectivity index (χ2v) is 6.83. The smallest absolute Gasteiger partial charge is 0.197 e. The molecule has 0 heterocycles. The van der Waals surface area contributed by atoms with E-state index in [0.29, 0.717) is 12.2 Å². The van der Waals surface area contributed by atoms with Crippen LogP contribution in [0.3, 0.4) is 0 Å². The van der Waals surface area contributed by atoms with Gasteiger partial charge in [-0.05, 0) is 37.0 Å². The molecule has 96 valence electrons. The minimum Gasteiger partial charge on any atom is -0.497 e. The second-order valence-electron chi connectivity index (χ2n) is 4.62. The van der Waals surface area contributed by atoms with Crippen LogP contribution < -0.4 is 4.74 Å². The average molecular weight is 265 g/mol. The number of methoxy groups -OCH3 is 1. The number of nitrogens with zero attached hydrogens (tertiary/aromatic N) is 1. The van der Waals surface area contributed by atoms with Gasteiger partial charge >= 0.3 is 0 Å². The highest BCUT2D eigenvalue weighted by molar-refractivity contribution is 7.93. The number of nitriles is 1. The number of rotatable bonds is 3. The van der Waals surface area contributed by atoms with E-state index < -0.39 is 14.6 Å². The van der Waals surface area contributed by atoms with Gasteiger partial charge in [0.1, 0.15) is 5.75 Å². The summed E-state index contributed by atoms with van der Waals surface area (Å²) in [6, 6.07) is 8.31. The number of sulfone groups is 1. The summed E-state index contributed by atoms with van der Waals surface area (Å²) in [5.74, 6) is 0.356. The van der Waals surface area contributed by atoms with Crippen molar-refractivity contribution < 1.29 is 13.2 Å². The van der Waals surface area contributed by atoms with Gasteiger partial charge in [-0.2, -0.15) is 5.26 Å². The average Bonchev–Trinajstić information content (AvgIpc) is 2.38. The Balaban J connectivity index is 2.52. The normalized spacial score (nSPS) is 27.1. The summed E-state index contributed by atoms with van der Waals surface area (Å²) >= 11 is 0. The van der Waals surface area contributed by atoms with Gasteiger partial charge in [-0.1, -0.05) is 13.0 Å². The molecular formula is C13H15NO3S. The topological polar surface area (TPSA) is 67.2 Å². The van der Waals surface area contributed by atoms with E-state index in [2.05, 4.69) is 0 Å². The summed E-state index contributed by atoms with van der Waals surface area (Å²) in [5, 5.41) is 9.27. The number of hydrogen-bond donors (Lipinski definition) is 0. The lowest BCUT2D eigenvalue weighted by Gasteiger charge is -2.41. The molecule has 0 bridgehead atoms. The Morgan fingerprint density at radius 3 is 2.67 bits per heavy atom. The first-order valence-electron chi connectivity index (χ1n) is 5.78. The van der Waals surface area contributed by atoms with Gasteiger partial charge in [0.05, 0.1) is 18.1 Å². The summed E-state index contributed by atoms with van der Waals surface area (Å²) in [7, 11) is -2.15. The Bertz CT molecular complexity index is 603. The van der Waals surface area contributed by atoms with Crippen LogP contribution in [0.2, 0.25) is 0 Å². The lowest BCUT2D eigenvalue weighted by Crippen LogP contribution is -2.50. The third kappa shape index (κ3) is 1.60. The summed E-state index contributed by atoms with van der Waals surface area (Å²) in [6.45, 7) is 1.81. The molecule has 1 saturated carbocycles. The first kappa shape index (κ1) is 12.9. The van der Waals surface area contributed by atoms with Crippen molar-refractivity contribution in [3.63, 3.8) is 0 Å². The predicted molar refractivity (Wildman–Crippen MR) is 66.9 cm³/mol. The van der Waals surface area contributed by atoms with E-state index in [0.717, 1.165) is 6.42 Å². The first-order valence-corrected chi connectivity index (χ1v) is 7.26. The number of ether oxygens (including phenoxy) is 1. The molecule has 0 aliphatic heterocycles. The standard InChI is InChI=1S/C13H15NO3S/c1-10-6-7-13(10,9-14)18(15,16)12-5-3-4-11(8-12)17-2/h3-5,8,10H,6-7H2,1-2H3. The van der Waals surface area contributed by atoms with Gasteiger partial charge < -0.3 is 4.74 Å². The molecule has 18 heavy (non-hydrogen) atoms. The zero-order valence-electron chi connectivity index (χ0n) is 10.4. The van der Waals surface area contributed by atoms with Gasteiger partial charge in [0, 0.05) is 0 Å². The maximum Gasteiger partial charge on any atom is 0.197 e. The van der Waals surface area contributed by atoms with Crippen LogP contribution in [0.15, 0.2) is 29.2 Å². The van der Waals surface area contributed by atoms with Gasteiger partial charge in [0.2, 0.25) is 0 Å². The van der Waals surface area contributed by atoms with E-state index in [1.54, 1.807) is 12.1 Å². The van der Waals surface area contributed by atoms with Crippen LogP contribution in [0.5, 0.6) is 5.75 Å². The molecule has 1 aromatic rings. The van der Waals surface area contributed by atoms with Crippen molar-refractivity contribution in [2.45, 2.75) is 29.4 Å². The fourth-order valence-corrected chi connectivity index (χ4v) is 4.40. The summed E-state index contributed by atoms with van der Waals surface area (Å²) in [5.41, 5.74) is 0. The fourth-order valence-electron chi connectivity index (χ4n) is 2.30. The molecule has 0 N–H and O–H groups in total. The third-order valence-corrected chi connectivity index (χ3v) is 6.30. The molecule has 1 fully saturated rings. The maximum atomic E-state index is 12.6. The van der Waals surface area contributed by atoms with Gasteiger partial charge in [0.15, 0.2) is 14.6 Å². The Morgan fingerprint density at radius 2 is 2.22 bits per heavy atom. The minimum atomic E-state index is -3.64. The van der Waals surface area contributed by atoms with E-state index in [1.165, 1.54) is 19.2 Å². The van der Waals surface area contributed by atoms with Crippen LogP contribution in [-0.2, 0) is 9.84 Å². The Hall–Kier alpha value is -1.54. The van der Waals surface area contributed by atoms with Crippen molar-refractivity contribution in [3.8, 4) is 11.8 Å². The molecule has 2 unspecified atom stereocenters. The summed E-state index contributed by atoms with van der Waals surface area (Å²) in [4.78, 5) is 0.162. The van der Waals surface area contributed by atoms with E-state index >= 15 is 0 Å². The summed E-state index contributed by atoms with van der Waals surface area (Å²) in [6.07, 6.45) is 1.18. The van der Waals surface area contributed by atoms with Gasteiger partial charge in [0.25, 0.3) is 0 Å². The zero-order chi connectivity index (χ0) is 13.4. The minimum absolute atomic E-state index is 0.126. The molecule has 1 aromatic carbocycles. The highest BCUT2D eigenvalue weighted by Crippen LogP contribution is 2.47. The molecule has 2 atom stereocenters. The van der Waals surface area contributed by atoms with E-state index in [1.807, 2.05) is 13.0 Å². The highest BCUT2D eigenvalue weighted by atomic mass is 32.2. The Labute approximate surface area is 107 Å². The molecule has 0 radical (unpaired) electrons. The Kier molecular flexibility index (Phi) is 3.07. The van der Waals surface area contributed by atoms with Crippen molar-refractivity contribution in [1.29, 1.82) is 5.26 Å². The molecule has 4 nitrogen and oxygen atoms in total. The van der Waals surface area contributed by atoms with E-state index in [-0.39, 0.29) is 10.8 Å². The number of benzene rings is 1. The molecule has 0 aromatic heterocycles. The molecule has 0 amide bonds. The lowest BCUT2D eigenvalue weighted by molar-refractivity contribution is 0.279.